The van der Waals surface area contributed by atoms with E-state index in [1.165, 1.54) is 11.8 Å². The van der Waals surface area contributed by atoms with Crippen molar-refractivity contribution >= 4 is 5.91 Å². The van der Waals surface area contributed by atoms with E-state index in [1.54, 1.807) is 4.90 Å². The molecule has 0 saturated carbocycles. The lowest BCUT2D eigenvalue weighted by atomic mass is 10.1. The lowest BCUT2D eigenvalue weighted by molar-refractivity contribution is -0.142. The number of benzene rings is 1. The topological polar surface area (TPSA) is 41.4 Å². The summed E-state index contributed by atoms with van der Waals surface area (Å²) < 4.78 is 39.3. The van der Waals surface area contributed by atoms with Crippen LogP contribution in [0.1, 0.15) is 43.4 Å². The van der Waals surface area contributed by atoms with E-state index in [2.05, 4.69) is 22.1 Å². The fraction of sp³-hybridized carbons (Fsp3) is 0.545. The second kappa shape index (κ2) is 10.6. The molecule has 1 aliphatic rings. The van der Waals surface area contributed by atoms with Gasteiger partial charge in [-0.3, -0.25) is 14.4 Å². The van der Waals surface area contributed by atoms with Gasteiger partial charge in [-0.2, -0.15) is 18.3 Å². The fourth-order valence-electron chi connectivity index (χ4n) is 3.79. The van der Waals surface area contributed by atoms with Crippen LogP contribution in [0.4, 0.5) is 13.2 Å². The molecule has 1 amide bonds. The Kier molecular flexibility index (Phi) is 7.90. The summed E-state index contributed by atoms with van der Waals surface area (Å²) in [7, 11) is 0. The molecule has 0 spiro atoms. The average molecular weight is 422 g/mol. The summed E-state index contributed by atoms with van der Waals surface area (Å²) in [5.41, 5.74) is 0.309. The Labute approximate surface area is 175 Å². The molecule has 1 fully saturated rings. The molecule has 30 heavy (non-hydrogen) atoms. The third-order valence-corrected chi connectivity index (χ3v) is 5.38. The minimum absolute atomic E-state index is 0.163. The van der Waals surface area contributed by atoms with Crippen LogP contribution in [0.2, 0.25) is 0 Å². The Morgan fingerprint density at radius 2 is 1.57 bits per heavy atom. The minimum Gasteiger partial charge on any atom is -0.341 e. The van der Waals surface area contributed by atoms with Crippen molar-refractivity contribution in [3.63, 3.8) is 0 Å². The maximum atomic E-state index is 12.7. The van der Waals surface area contributed by atoms with Crippen LogP contribution in [0.5, 0.6) is 0 Å². The van der Waals surface area contributed by atoms with Gasteiger partial charge in [0, 0.05) is 32.4 Å². The number of rotatable bonds is 4. The van der Waals surface area contributed by atoms with Gasteiger partial charge in [-0.25, -0.2) is 0 Å². The van der Waals surface area contributed by atoms with Gasteiger partial charge in [-0.15, -0.1) is 0 Å². The Hall–Kier alpha value is -2.35. The van der Waals surface area contributed by atoms with Crippen LogP contribution >= 0.6 is 0 Å². The molecule has 2 aromatic rings. The van der Waals surface area contributed by atoms with Crippen molar-refractivity contribution in [1.29, 1.82) is 0 Å². The first kappa shape index (κ1) is 22.3. The maximum absolute atomic E-state index is 12.7. The Morgan fingerprint density at radius 3 is 2.27 bits per heavy atom. The summed E-state index contributed by atoms with van der Waals surface area (Å²) in [6, 6.07) is 11.3. The Morgan fingerprint density at radius 1 is 0.900 bits per heavy atom. The number of halogens is 3. The van der Waals surface area contributed by atoms with Gasteiger partial charge >= 0.3 is 6.18 Å². The van der Waals surface area contributed by atoms with Crippen molar-refractivity contribution in [2.45, 2.75) is 51.4 Å². The van der Waals surface area contributed by atoms with Crippen LogP contribution in [0, 0.1) is 0 Å². The van der Waals surface area contributed by atoms with Crippen LogP contribution in [-0.4, -0.2) is 51.7 Å². The molecule has 1 aromatic carbocycles. The smallest absolute Gasteiger partial charge is 0.341 e. The number of nitrogens with zero attached hydrogens (tertiary/aromatic N) is 4. The second-order valence-corrected chi connectivity index (χ2v) is 7.81. The molecule has 5 nitrogen and oxygen atoms in total. The van der Waals surface area contributed by atoms with Gasteiger partial charge in [-0.1, -0.05) is 43.2 Å². The monoisotopic (exact) mass is 422 g/mol. The van der Waals surface area contributed by atoms with Crippen molar-refractivity contribution in [3.8, 4) is 0 Å². The summed E-state index contributed by atoms with van der Waals surface area (Å²) in [6.07, 6.45) is 1.77. The summed E-state index contributed by atoms with van der Waals surface area (Å²) in [5, 5.41) is 3.50. The third-order valence-electron chi connectivity index (χ3n) is 5.38. The van der Waals surface area contributed by atoms with E-state index in [0.29, 0.717) is 13.1 Å². The fourth-order valence-corrected chi connectivity index (χ4v) is 3.79. The van der Waals surface area contributed by atoms with Crippen LogP contribution < -0.4 is 0 Å². The molecule has 2 heterocycles. The van der Waals surface area contributed by atoms with E-state index in [0.717, 1.165) is 62.5 Å². The molecule has 1 aromatic heterocycles. The van der Waals surface area contributed by atoms with Gasteiger partial charge in [0.2, 0.25) is 5.91 Å². The molecule has 164 valence electrons. The van der Waals surface area contributed by atoms with Gasteiger partial charge in [0.15, 0.2) is 5.69 Å². The van der Waals surface area contributed by atoms with E-state index in [1.807, 2.05) is 18.2 Å². The minimum atomic E-state index is -4.49. The van der Waals surface area contributed by atoms with E-state index < -0.39 is 11.9 Å². The van der Waals surface area contributed by atoms with Crippen molar-refractivity contribution in [1.82, 2.24) is 19.6 Å². The molecule has 0 radical (unpaired) electrons. The number of amides is 1. The number of hydrogen-bond acceptors (Lipinski definition) is 3. The molecule has 8 heteroatoms. The van der Waals surface area contributed by atoms with Gasteiger partial charge in [0.05, 0.1) is 0 Å². The second-order valence-electron chi connectivity index (χ2n) is 7.81. The summed E-state index contributed by atoms with van der Waals surface area (Å²) in [4.78, 5) is 16.9. The summed E-state index contributed by atoms with van der Waals surface area (Å²) in [6.45, 7) is 3.91. The van der Waals surface area contributed by atoms with E-state index >= 15 is 0 Å². The molecule has 1 saturated heterocycles. The van der Waals surface area contributed by atoms with Crippen molar-refractivity contribution in [2.75, 3.05) is 26.2 Å². The molecular formula is C22H29F3N4O. The molecule has 3 rings (SSSR count). The first-order chi connectivity index (χ1) is 14.4. The first-order valence-electron chi connectivity index (χ1n) is 10.6. The van der Waals surface area contributed by atoms with Crippen molar-refractivity contribution in [3.05, 3.63) is 53.9 Å². The maximum Gasteiger partial charge on any atom is 0.435 e. The zero-order chi connectivity index (χ0) is 21.4. The summed E-state index contributed by atoms with van der Waals surface area (Å²) >= 11 is 0. The molecule has 0 N–H and O–H groups in total. The van der Waals surface area contributed by atoms with Crippen LogP contribution in [-0.2, 0) is 24.1 Å². The normalized spacial score (nSPS) is 17.5. The van der Waals surface area contributed by atoms with E-state index in [4.69, 9.17) is 0 Å². The third kappa shape index (κ3) is 6.86. The highest BCUT2D eigenvalue weighted by atomic mass is 19.4. The zero-order valence-electron chi connectivity index (χ0n) is 17.2. The SMILES string of the molecule is O=C(Cn1ccc(C(F)(F)F)n1)N1CCCCCCN(Cc2ccccc2)CCC1. The highest BCUT2D eigenvalue weighted by Gasteiger charge is 2.33. The molecule has 0 bridgehead atoms. The number of hydrogen-bond donors (Lipinski definition) is 0. The van der Waals surface area contributed by atoms with Crippen LogP contribution in [0.25, 0.3) is 0 Å². The predicted molar refractivity (Wildman–Crippen MR) is 109 cm³/mol. The molecular weight excluding hydrogens is 393 g/mol. The van der Waals surface area contributed by atoms with Gasteiger partial charge in [0.25, 0.3) is 0 Å². The van der Waals surface area contributed by atoms with Crippen LogP contribution in [0.3, 0.4) is 0 Å². The molecule has 0 unspecified atom stereocenters. The highest BCUT2D eigenvalue weighted by Crippen LogP contribution is 2.27. The number of carbonyl (C=O) groups excluding carboxylic acids is 1. The first-order valence-corrected chi connectivity index (χ1v) is 10.6. The van der Waals surface area contributed by atoms with Crippen LogP contribution in [0.15, 0.2) is 42.6 Å². The Balaban J connectivity index is 1.57. The average Bonchev–Trinajstić information content (AvgIpc) is 3.16. The molecule has 1 aliphatic heterocycles. The van der Waals surface area contributed by atoms with E-state index in [9.17, 15) is 18.0 Å². The lowest BCUT2D eigenvalue weighted by Gasteiger charge is -2.25. The number of carbonyl (C=O) groups is 1. The van der Waals surface area contributed by atoms with E-state index in [-0.39, 0.29) is 12.5 Å². The summed E-state index contributed by atoms with van der Waals surface area (Å²) in [5.74, 6) is -0.180. The quantitative estimate of drug-likeness (QED) is 0.742. The zero-order valence-corrected chi connectivity index (χ0v) is 17.2. The van der Waals surface area contributed by atoms with Gasteiger partial charge in [-0.05, 0) is 37.4 Å². The Bertz CT molecular complexity index is 791. The van der Waals surface area contributed by atoms with Gasteiger partial charge in [0.1, 0.15) is 6.54 Å². The lowest BCUT2D eigenvalue weighted by Crippen LogP contribution is -2.37. The molecule has 0 aliphatic carbocycles. The number of alkyl halides is 3. The van der Waals surface area contributed by atoms with Gasteiger partial charge < -0.3 is 4.90 Å². The number of aromatic nitrogens is 2. The highest BCUT2D eigenvalue weighted by molar-refractivity contribution is 5.75. The predicted octanol–water partition coefficient (Wildman–Crippen LogP) is 4.20. The van der Waals surface area contributed by atoms with Crippen molar-refractivity contribution in [2.24, 2.45) is 0 Å². The standard InChI is InChI=1S/C22H29F3N4O/c23-22(24,25)20-11-16-29(26-20)18-21(30)28-14-7-2-1-6-12-27(13-8-15-28)17-19-9-4-3-5-10-19/h3-5,9-11,16H,1-2,6-8,12-15,17-18H2. The molecule has 0 atom stereocenters. The largest absolute Gasteiger partial charge is 0.435 e. The van der Waals surface area contributed by atoms with Crippen molar-refractivity contribution < 1.29 is 18.0 Å².